The van der Waals surface area contributed by atoms with E-state index in [0.29, 0.717) is 36.0 Å². The molecule has 42 heavy (non-hydrogen) atoms. The number of fused-ring (bicyclic) bond motifs is 8. The SMILES string of the molecule is CC=C1CN2CC[C@@]34c5ccccc5N5C=C6[C@H]7C[C@@H]8N(CC[C@@]89c8ccccc8N(C=C([C@H]1C[C@H]23)[C@H]54)[C@@H]69)CC7=CC. The van der Waals surface area contributed by atoms with Crippen molar-refractivity contribution in [2.24, 2.45) is 11.8 Å². The fourth-order valence-electron chi connectivity index (χ4n) is 12.5. The summed E-state index contributed by atoms with van der Waals surface area (Å²) >= 11 is 0. The Morgan fingerprint density at radius 2 is 1.10 bits per heavy atom. The highest BCUT2D eigenvalue weighted by Gasteiger charge is 2.69. The number of allylic oxidation sites excluding steroid dienone is 2. The second kappa shape index (κ2) is 7.52. The predicted molar refractivity (Wildman–Crippen MR) is 169 cm³/mol. The first-order valence-corrected chi connectivity index (χ1v) is 16.7. The third kappa shape index (κ3) is 2.33. The molecule has 0 unspecified atom stereocenters. The lowest BCUT2D eigenvalue weighted by atomic mass is 9.56. The highest BCUT2D eigenvalue weighted by molar-refractivity contribution is 5.77. The number of anilines is 2. The molecule has 0 radical (unpaired) electrons. The van der Waals surface area contributed by atoms with Crippen LogP contribution in [0.15, 0.2) is 95.4 Å². The van der Waals surface area contributed by atoms with Gasteiger partial charge in [-0.25, -0.2) is 0 Å². The van der Waals surface area contributed by atoms with Crippen LogP contribution < -0.4 is 9.80 Å². The van der Waals surface area contributed by atoms with E-state index in [9.17, 15) is 0 Å². The van der Waals surface area contributed by atoms with E-state index in [1.165, 1.54) is 50.1 Å². The molecule has 9 aliphatic rings. The molecule has 2 aromatic carbocycles. The lowest BCUT2D eigenvalue weighted by Gasteiger charge is -2.57. The van der Waals surface area contributed by atoms with Crippen LogP contribution in [0, 0.1) is 11.8 Å². The van der Waals surface area contributed by atoms with Gasteiger partial charge < -0.3 is 9.80 Å². The maximum absolute atomic E-state index is 2.86. The van der Waals surface area contributed by atoms with Crippen molar-refractivity contribution in [3.05, 3.63) is 107 Å². The molecule has 2 spiro atoms. The van der Waals surface area contributed by atoms with Crippen molar-refractivity contribution < 1.29 is 0 Å². The molecule has 7 heterocycles. The van der Waals surface area contributed by atoms with E-state index in [-0.39, 0.29) is 10.8 Å². The van der Waals surface area contributed by atoms with Gasteiger partial charge in [-0.2, -0.15) is 0 Å². The van der Waals surface area contributed by atoms with Crippen molar-refractivity contribution in [3.63, 3.8) is 0 Å². The molecule has 6 fully saturated rings. The number of para-hydroxylation sites is 2. The summed E-state index contributed by atoms with van der Waals surface area (Å²) in [6.45, 7) is 9.33. The molecular weight excluding hydrogens is 512 g/mol. The molecule has 2 saturated carbocycles. The molecule has 2 aliphatic carbocycles. The highest BCUT2D eigenvalue weighted by Crippen LogP contribution is 2.67. The summed E-state index contributed by atoms with van der Waals surface area (Å²) in [7, 11) is 0. The van der Waals surface area contributed by atoms with Crippen LogP contribution in [0.1, 0.15) is 50.7 Å². The molecule has 0 N–H and O–H groups in total. The van der Waals surface area contributed by atoms with Crippen LogP contribution in [0.2, 0.25) is 0 Å². The topological polar surface area (TPSA) is 13.0 Å². The third-order valence-corrected chi connectivity index (χ3v) is 13.9. The predicted octanol–water partition coefficient (Wildman–Crippen LogP) is 6.13. The lowest BCUT2D eigenvalue weighted by molar-refractivity contribution is 0.122. The molecule has 4 nitrogen and oxygen atoms in total. The van der Waals surface area contributed by atoms with Crippen LogP contribution in [0.4, 0.5) is 11.4 Å². The van der Waals surface area contributed by atoms with E-state index < -0.39 is 0 Å². The van der Waals surface area contributed by atoms with E-state index in [4.69, 9.17) is 0 Å². The Hall–Kier alpha value is -3.08. The van der Waals surface area contributed by atoms with Crippen LogP contribution in [-0.4, -0.2) is 60.1 Å². The fourth-order valence-corrected chi connectivity index (χ4v) is 12.5. The zero-order valence-corrected chi connectivity index (χ0v) is 24.8. The van der Waals surface area contributed by atoms with E-state index in [1.807, 2.05) is 0 Å². The van der Waals surface area contributed by atoms with E-state index in [2.05, 4.69) is 107 Å². The molecule has 2 aromatic rings. The third-order valence-electron chi connectivity index (χ3n) is 13.9. The van der Waals surface area contributed by atoms with Crippen LogP contribution >= 0.6 is 0 Å². The Bertz CT molecular complexity index is 1590. The number of rotatable bonds is 0. The Kier molecular flexibility index (Phi) is 4.19. The first-order valence-electron chi connectivity index (χ1n) is 16.7. The molecule has 11 rings (SSSR count). The van der Waals surface area contributed by atoms with E-state index >= 15 is 0 Å². The van der Waals surface area contributed by atoms with Crippen molar-refractivity contribution in [1.29, 1.82) is 0 Å². The van der Waals surface area contributed by atoms with Gasteiger partial charge in [0.1, 0.15) is 0 Å². The summed E-state index contributed by atoms with van der Waals surface area (Å²) in [5.74, 6) is 1.08. The van der Waals surface area contributed by atoms with Crippen LogP contribution in [0.5, 0.6) is 0 Å². The summed E-state index contributed by atoms with van der Waals surface area (Å²) in [4.78, 5) is 11.4. The summed E-state index contributed by atoms with van der Waals surface area (Å²) in [5.41, 5.74) is 13.3. The smallest absolute Gasteiger partial charge is 0.0681 e. The van der Waals surface area contributed by atoms with Gasteiger partial charge in [-0.1, -0.05) is 59.7 Å². The standard InChI is InChI=1S/C38H40N4/c1-3-23-19-39-15-13-37-29-9-5-8-12-32(29)42-22-28-26-18-34-38(14-16-40(34)20-24(26)4-2)30-10-6-7-11-31(30)41(36(28)38)21-27(35(37)42)25(23)17-33(37)39/h3-12,21-22,25-26,33-36H,13-20H2,1-2H3/t25-,26-,33-,34-,35-,36-,37+,38+/m0/s1. The van der Waals surface area contributed by atoms with Gasteiger partial charge in [-0.3, -0.25) is 9.80 Å². The second-order valence-corrected chi connectivity index (χ2v) is 14.8. The van der Waals surface area contributed by atoms with Gasteiger partial charge in [0.2, 0.25) is 0 Å². The molecule has 7 aliphatic heterocycles. The Labute approximate surface area is 249 Å². The molecule has 212 valence electrons. The number of hydrogen-bond donors (Lipinski definition) is 0. The number of benzene rings is 2. The number of hydrogen-bond acceptors (Lipinski definition) is 4. The maximum Gasteiger partial charge on any atom is 0.0681 e. The van der Waals surface area contributed by atoms with Gasteiger partial charge in [-0.15, -0.1) is 0 Å². The van der Waals surface area contributed by atoms with Crippen molar-refractivity contribution in [2.45, 2.75) is 74.5 Å². The molecule has 0 aromatic heterocycles. The van der Waals surface area contributed by atoms with Crippen LogP contribution in [0.3, 0.4) is 0 Å². The average molecular weight is 553 g/mol. The van der Waals surface area contributed by atoms with Crippen molar-refractivity contribution in [2.75, 3.05) is 36.0 Å². The van der Waals surface area contributed by atoms with Gasteiger partial charge in [-0.05, 0) is 87.0 Å². The Morgan fingerprint density at radius 1 is 0.643 bits per heavy atom. The monoisotopic (exact) mass is 552 g/mol. The fraction of sp³-hybridized carbons (Fsp3) is 0.474. The summed E-state index contributed by atoms with van der Waals surface area (Å²) in [5, 5.41) is 0. The van der Waals surface area contributed by atoms with Crippen molar-refractivity contribution in [1.82, 2.24) is 9.80 Å². The number of nitrogens with zero attached hydrogens (tertiary/aromatic N) is 4. The number of piperidine rings is 2. The van der Waals surface area contributed by atoms with Crippen molar-refractivity contribution >= 4 is 11.4 Å². The van der Waals surface area contributed by atoms with Gasteiger partial charge in [0, 0.05) is 71.6 Å². The van der Waals surface area contributed by atoms with Gasteiger partial charge in [0.05, 0.1) is 12.1 Å². The van der Waals surface area contributed by atoms with E-state index in [0.717, 1.165) is 13.1 Å². The second-order valence-electron chi connectivity index (χ2n) is 14.8. The zero-order chi connectivity index (χ0) is 27.5. The first-order chi connectivity index (χ1) is 20.7. The average Bonchev–Trinajstić information content (AvgIpc) is 3.75. The summed E-state index contributed by atoms with van der Waals surface area (Å²) in [6, 6.07) is 21.2. The lowest BCUT2D eigenvalue weighted by Crippen LogP contribution is -2.63. The largest absolute Gasteiger partial charge is 0.339 e. The Balaban J connectivity index is 1.25. The Morgan fingerprint density at radius 3 is 1.55 bits per heavy atom. The zero-order valence-electron chi connectivity index (χ0n) is 24.8. The minimum atomic E-state index is 0.177. The molecule has 4 saturated heterocycles. The molecule has 4 heteroatoms. The van der Waals surface area contributed by atoms with Gasteiger partial charge in [0.25, 0.3) is 0 Å². The molecule has 8 atom stereocenters. The minimum absolute atomic E-state index is 0.177. The molecule has 4 bridgehead atoms. The normalized spacial score (nSPS) is 43.5. The highest BCUT2D eigenvalue weighted by atomic mass is 15.3. The quantitative estimate of drug-likeness (QED) is 0.365. The molecule has 0 amide bonds. The molecular formula is C38H40N4. The summed E-state index contributed by atoms with van der Waals surface area (Å²) < 4.78 is 0. The minimum Gasteiger partial charge on any atom is -0.339 e. The van der Waals surface area contributed by atoms with Gasteiger partial charge >= 0.3 is 0 Å². The first kappa shape index (κ1) is 23.4. The van der Waals surface area contributed by atoms with Gasteiger partial charge in [0.15, 0.2) is 0 Å². The van der Waals surface area contributed by atoms with E-state index in [1.54, 1.807) is 33.4 Å². The van der Waals surface area contributed by atoms with Crippen LogP contribution in [0.25, 0.3) is 0 Å². The van der Waals surface area contributed by atoms with Crippen LogP contribution in [-0.2, 0) is 10.8 Å². The summed E-state index contributed by atoms with van der Waals surface area (Å²) in [6.07, 6.45) is 15.5. The maximum atomic E-state index is 2.86. The van der Waals surface area contributed by atoms with Crippen molar-refractivity contribution in [3.8, 4) is 0 Å².